The molecule has 0 saturated heterocycles. The van der Waals surface area contributed by atoms with Crippen molar-refractivity contribution in [3.8, 4) is 11.5 Å². The van der Waals surface area contributed by atoms with Crippen LogP contribution >= 0.6 is 0 Å². The molecule has 4 N–H and O–H groups in total. The van der Waals surface area contributed by atoms with E-state index in [0.717, 1.165) is 36.8 Å². The smallest absolute Gasteiger partial charge is 0.154 e. The Morgan fingerprint density at radius 1 is 0.718 bits per heavy atom. The van der Waals surface area contributed by atoms with Gasteiger partial charge in [0.2, 0.25) is 0 Å². The minimum absolute atomic E-state index is 0.0435. The lowest BCUT2D eigenvalue weighted by Gasteiger charge is -2.28. The standard InChI is InChI=1S/C31H46O8/c1-22(36-18-24-6-4-23(16-32)5-7-24)37-20-28(35)21-39-30-14-10-26(11-15-30)31(2,3)25-8-12-29(13-9-25)38-19-27(34)17-33/h8-15,22-24,27-28,32-35H,4-7,16-21H2,1-3H3. The second-order valence-corrected chi connectivity index (χ2v) is 11.1. The number of rotatable bonds is 16. The van der Waals surface area contributed by atoms with Gasteiger partial charge in [0.1, 0.15) is 36.9 Å². The molecule has 8 heteroatoms. The van der Waals surface area contributed by atoms with Crippen molar-refractivity contribution in [2.24, 2.45) is 11.8 Å². The van der Waals surface area contributed by atoms with Crippen molar-refractivity contribution in [2.45, 2.75) is 70.4 Å². The monoisotopic (exact) mass is 546 g/mol. The molecule has 0 aromatic heterocycles. The molecule has 0 radical (unpaired) electrons. The number of benzene rings is 2. The molecule has 39 heavy (non-hydrogen) atoms. The molecule has 0 heterocycles. The third-order valence-electron chi connectivity index (χ3n) is 7.56. The van der Waals surface area contributed by atoms with Crippen molar-refractivity contribution < 1.29 is 39.4 Å². The molecule has 0 spiro atoms. The Hall–Kier alpha value is -2.20. The Balaban J connectivity index is 1.38. The lowest BCUT2D eigenvalue weighted by Crippen LogP contribution is -2.28. The van der Waals surface area contributed by atoms with Crippen LogP contribution in [0.25, 0.3) is 0 Å². The van der Waals surface area contributed by atoms with E-state index in [4.69, 9.17) is 24.1 Å². The van der Waals surface area contributed by atoms with Crippen LogP contribution in [0.5, 0.6) is 11.5 Å². The maximum atomic E-state index is 10.3. The van der Waals surface area contributed by atoms with Crippen molar-refractivity contribution in [3.63, 3.8) is 0 Å². The van der Waals surface area contributed by atoms with Crippen LogP contribution in [0.3, 0.4) is 0 Å². The van der Waals surface area contributed by atoms with Gasteiger partial charge >= 0.3 is 0 Å². The fraction of sp³-hybridized carbons (Fsp3) is 0.613. The Morgan fingerprint density at radius 2 is 1.21 bits per heavy atom. The van der Waals surface area contributed by atoms with Gasteiger partial charge in [0.25, 0.3) is 0 Å². The molecule has 8 nitrogen and oxygen atoms in total. The van der Waals surface area contributed by atoms with Crippen LogP contribution in [0.15, 0.2) is 48.5 Å². The molecule has 1 aliphatic rings. The van der Waals surface area contributed by atoms with Crippen LogP contribution in [0.4, 0.5) is 0 Å². The molecule has 1 saturated carbocycles. The topological polar surface area (TPSA) is 118 Å². The van der Waals surface area contributed by atoms with Crippen LogP contribution in [0.2, 0.25) is 0 Å². The molecular formula is C31H46O8. The quantitative estimate of drug-likeness (QED) is 0.236. The SMILES string of the molecule is CC(OCC(O)COc1ccc(C(C)(C)c2ccc(OCC(O)CO)cc2)cc1)OCC1CCC(CO)CC1. The summed E-state index contributed by atoms with van der Waals surface area (Å²) in [6.45, 7) is 6.99. The molecule has 218 valence electrons. The highest BCUT2D eigenvalue weighted by molar-refractivity contribution is 5.41. The van der Waals surface area contributed by atoms with Gasteiger partial charge in [-0.05, 0) is 79.8 Å². The summed E-state index contributed by atoms with van der Waals surface area (Å²) in [5.41, 5.74) is 1.95. The van der Waals surface area contributed by atoms with Crippen LogP contribution < -0.4 is 9.47 Å². The Bertz CT molecular complexity index is 938. The lowest BCUT2D eigenvalue weighted by molar-refractivity contribution is -0.157. The van der Waals surface area contributed by atoms with Crippen molar-refractivity contribution in [1.29, 1.82) is 0 Å². The Morgan fingerprint density at radius 3 is 1.69 bits per heavy atom. The van der Waals surface area contributed by atoms with E-state index in [0.29, 0.717) is 29.9 Å². The summed E-state index contributed by atoms with van der Waals surface area (Å²) in [5, 5.41) is 37.9. The van der Waals surface area contributed by atoms with Crippen molar-refractivity contribution in [2.75, 3.05) is 39.6 Å². The van der Waals surface area contributed by atoms with Crippen LogP contribution in [0.1, 0.15) is 57.6 Å². The fourth-order valence-corrected chi connectivity index (χ4v) is 4.73. The molecule has 1 fully saturated rings. The van der Waals surface area contributed by atoms with Crippen LogP contribution in [-0.2, 0) is 14.9 Å². The largest absolute Gasteiger partial charge is 0.491 e. The zero-order valence-electron chi connectivity index (χ0n) is 23.5. The summed E-state index contributed by atoms with van der Waals surface area (Å²) >= 11 is 0. The van der Waals surface area contributed by atoms with E-state index in [1.807, 2.05) is 55.5 Å². The number of aliphatic hydroxyl groups excluding tert-OH is 4. The molecule has 3 unspecified atom stereocenters. The van der Waals surface area contributed by atoms with Gasteiger partial charge in [-0.3, -0.25) is 0 Å². The molecular weight excluding hydrogens is 500 g/mol. The third kappa shape index (κ3) is 10.0. The minimum Gasteiger partial charge on any atom is -0.491 e. The zero-order valence-corrected chi connectivity index (χ0v) is 23.5. The number of aliphatic hydroxyl groups is 4. The van der Waals surface area contributed by atoms with E-state index in [2.05, 4.69) is 13.8 Å². The van der Waals surface area contributed by atoms with Crippen LogP contribution in [-0.4, -0.2) is 78.6 Å². The second-order valence-electron chi connectivity index (χ2n) is 11.1. The van der Waals surface area contributed by atoms with Crippen molar-refractivity contribution >= 4 is 0 Å². The van der Waals surface area contributed by atoms with E-state index < -0.39 is 18.5 Å². The van der Waals surface area contributed by atoms with E-state index in [1.165, 1.54) is 0 Å². The molecule has 0 bridgehead atoms. The number of ether oxygens (including phenoxy) is 4. The molecule has 1 aliphatic carbocycles. The number of hydrogen-bond donors (Lipinski definition) is 4. The van der Waals surface area contributed by atoms with Gasteiger partial charge in [0, 0.05) is 12.0 Å². The van der Waals surface area contributed by atoms with Gasteiger partial charge in [-0.1, -0.05) is 38.1 Å². The highest BCUT2D eigenvalue weighted by Crippen LogP contribution is 2.33. The first-order chi connectivity index (χ1) is 18.7. The predicted octanol–water partition coefficient (Wildman–Crippen LogP) is 3.66. The summed E-state index contributed by atoms with van der Waals surface area (Å²) in [6.07, 6.45) is 2.18. The van der Waals surface area contributed by atoms with Gasteiger partial charge in [-0.25, -0.2) is 0 Å². The maximum Gasteiger partial charge on any atom is 0.154 e. The van der Waals surface area contributed by atoms with E-state index in [-0.39, 0.29) is 38.4 Å². The van der Waals surface area contributed by atoms with Gasteiger partial charge in [0.15, 0.2) is 6.29 Å². The van der Waals surface area contributed by atoms with Gasteiger partial charge < -0.3 is 39.4 Å². The molecule has 3 atom stereocenters. The predicted molar refractivity (Wildman–Crippen MR) is 149 cm³/mol. The minimum atomic E-state index is -0.897. The molecule has 2 aromatic carbocycles. The zero-order chi connectivity index (χ0) is 28.3. The maximum absolute atomic E-state index is 10.3. The first-order valence-electron chi connectivity index (χ1n) is 14.0. The molecule has 2 aromatic rings. The highest BCUT2D eigenvalue weighted by atomic mass is 16.7. The summed E-state index contributed by atoms with van der Waals surface area (Å²) < 4.78 is 22.7. The van der Waals surface area contributed by atoms with Gasteiger partial charge in [0.05, 0.1) is 19.8 Å². The Labute approximate surface area is 232 Å². The summed E-state index contributed by atoms with van der Waals surface area (Å²) in [6, 6.07) is 15.5. The summed E-state index contributed by atoms with van der Waals surface area (Å²) in [7, 11) is 0. The summed E-state index contributed by atoms with van der Waals surface area (Å²) in [4.78, 5) is 0. The van der Waals surface area contributed by atoms with E-state index in [9.17, 15) is 15.3 Å². The first kappa shape index (κ1) is 31.3. The molecule has 0 aliphatic heterocycles. The average Bonchev–Trinajstić information content (AvgIpc) is 2.97. The lowest BCUT2D eigenvalue weighted by atomic mass is 9.78. The van der Waals surface area contributed by atoms with Gasteiger partial charge in [-0.15, -0.1) is 0 Å². The summed E-state index contributed by atoms with van der Waals surface area (Å²) in [5.74, 6) is 2.25. The normalized spacial score (nSPS) is 20.3. The number of hydrogen-bond acceptors (Lipinski definition) is 8. The highest BCUT2D eigenvalue weighted by Gasteiger charge is 2.24. The molecule has 0 amide bonds. The van der Waals surface area contributed by atoms with E-state index >= 15 is 0 Å². The van der Waals surface area contributed by atoms with Gasteiger partial charge in [-0.2, -0.15) is 0 Å². The van der Waals surface area contributed by atoms with Crippen molar-refractivity contribution in [3.05, 3.63) is 59.7 Å². The average molecular weight is 547 g/mol. The van der Waals surface area contributed by atoms with Crippen LogP contribution in [0, 0.1) is 11.8 Å². The second kappa shape index (κ2) is 15.6. The fourth-order valence-electron chi connectivity index (χ4n) is 4.73. The Kier molecular flexibility index (Phi) is 12.5. The van der Waals surface area contributed by atoms with E-state index in [1.54, 1.807) is 0 Å². The third-order valence-corrected chi connectivity index (χ3v) is 7.56. The van der Waals surface area contributed by atoms with Crippen molar-refractivity contribution in [1.82, 2.24) is 0 Å². The first-order valence-corrected chi connectivity index (χ1v) is 14.0. The molecule has 3 rings (SSSR count).